The van der Waals surface area contributed by atoms with E-state index in [1.54, 1.807) is 4.90 Å². The van der Waals surface area contributed by atoms with Crippen molar-refractivity contribution < 1.29 is 14.3 Å². The Morgan fingerprint density at radius 2 is 1.96 bits per heavy atom. The fourth-order valence-electron chi connectivity index (χ4n) is 2.83. The second-order valence-electron chi connectivity index (χ2n) is 5.70. The molecule has 0 fully saturated rings. The van der Waals surface area contributed by atoms with E-state index in [1.165, 1.54) is 12.1 Å². The highest BCUT2D eigenvalue weighted by molar-refractivity contribution is 6.37. The number of aryl methyl sites for hydroxylation is 1. The van der Waals surface area contributed by atoms with E-state index in [-0.39, 0.29) is 33.8 Å². The molecule has 0 unspecified atom stereocenters. The summed E-state index contributed by atoms with van der Waals surface area (Å²) >= 11 is 11.8. The van der Waals surface area contributed by atoms with Gasteiger partial charge in [0.25, 0.3) is 5.91 Å². The van der Waals surface area contributed by atoms with Gasteiger partial charge in [-0.05, 0) is 36.6 Å². The van der Waals surface area contributed by atoms with E-state index < -0.39 is 5.97 Å². The number of nitrogens with two attached hydrogens (primary N) is 1. The first-order valence-corrected chi connectivity index (χ1v) is 8.53. The molecule has 2 N–H and O–H groups in total. The molecule has 0 saturated heterocycles. The minimum absolute atomic E-state index is 0.0457. The van der Waals surface area contributed by atoms with E-state index in [4.69, 9.17) is 33.7 Å². The molecule has 0 aliphatic carbocycles. The second-order valence-corrected chi connectivity index (χ2v) is 6.55. The number of nitrogen functional groups attached to an aromatic ring is 1. The third-order valence-electron chi connectivity index (χ3n) is 4.05. The normalized spacial score (nSPS) is 13.3. The zero-order chi connectivity index (χ0) is 18.0. The van der Waals surface area contributed by atoms with Crippen molar-refractivity contribution in [3.63, 3.8) is 0 Å². The molecule has 130 valence electrons. The van der Waals surface area contributed by atoms with E-state index in [0.29, 0.717) is 6.54 Å². The van der Waals surface area contributed by atoms with Gasteiger partial charge in [-0.2, -0.15) is 0 Å². The molecule has 1 aliphatic rings. The van der Waals surface area contributed by atoms with Crippen LogP contribution in [0, 0.1) is 0 Å². The Kier molecular flexibility index (Phi) is 5.16. The van der Waals surface area contributed by atoms with E-state index in [1.807, 2.05) is 24.3 Å². The molecule has 2 aromatic rings. The largest absolute Gasteiger partial charge is 0.452 e. The van der Waals surface area contributed by atoms with Crippen molar-refractivity contribution in [3.05, 3.63) is 57.6 Å². The molecule has 25 heavy (non-hydrogen) atoms. The van der Waals surface area contributed by atoms with Gasteiger partial charge in [-0.25, -0.2) is 4.79 Å². The maximum Gasteiger partial charge on any atom is 0.340 e. The van der Waals surface area contributed by atoms with Crippen molar-refractivity contribution in [3.8, 4) is 0 Å². The molecule has 0 radical (unpaired) electrons. The Balaban J connectivity index is 1.70. The second kappa shape index (κ2) is 7.33. The number of hydrogen-bond acceptors (Lipinski definition) is 4. The first kappa shape index (κ1) is 17.6. The Morgan fingerprint density at radius 3 is 2.76 bits per heavy atom. The number of rotatable bonds is 3. The first-order chi connectivity index (χ1) is 12.0. The fraction of sp³-hybridized carbons (Fsp3) is 0.222. The van der Waals surface area contributed by atoms with Crippen molar-refractivity contribution in [2.24, 2.45) is 0 Å². The third-order valence-corrected chi connectivity index (χ3v) is 4.58. The monoisotopic (exact) mass is 378 g/mol. The number of ether oxygens (including phenoxy) is 1. The van der Waals surface area contributed by atoms with Gasteiger partial charge in [0.15, 0.2) is 6.61 Å². The molecule has 1 heterocycles. The number of esters is 1. The standard InChI is InChI=1S/C18H16Cl2N2O3/c19-12-8-13(17(21)14(20)9-12)18(24)25-10-16(23)22-7-3-5-11-4-1-2-6-15(11)22/h1-2,4,6,8-9H,3,5,7,10,21H2. The van der Waals surface area contributed by atoms with Crippen LogP contribution in [-0.4, -0.2) is 25.0 Å². The maximum atomic E-state index is 12.5. The molecule has 1 aliphatic heterocycles. The van der Waals surface area contributed by atoms with Crippen LogP contribution in [0.15, 0.2) is 36.4 Å². The highest BCUT2D eigenvalue weighted by Gasteiger charge is 2.24. The van der Waals surface area contributed by atoms with Crippen LogP contribution in [0.3, 0.4) is 0 Å². The van der Waals surface area contributed by atoms with Crippen LogP contribution in [0.25, 0.3) is 0 Å². The lowest BCUT2D eigenvalue weighted by Gasteiger charge is -2.29. The van der Waals surface area contributed by atoms with Crippen LogP contribution in [0.5, 0.6) is 0 Å². The summed E-state index contributed by atoms with van der Waals surface area (Å²) in [5, 5.41) is 0.429. The first-order valence-electron chi connectivity index (χ1n) is 7.77. The summed E-state index contributed by atoms with van der Waals surface area (Å²) in [6.45, 7) is 0.218. The van der Waals surface area contributed by atoms with Gasteiger partial charge in [0.05, 0.1) is 16.3 Å². The van der Waals surface area contributed by atoms with Gasteiger partial charge >= 0.3 is 5.97 Å². The maximum absolute atomic E-state index is 12.5. The number of para-hydroxylation sites is 1. The van der Waals surface area contributed by atoms with Crippen molar-refractivity contribution >= 4 is 46.5 Å². The molecule has 3 rings (SSSR count). The van der Waals surface area contributed by atoms with E-state index in [2.05, 4.69) is 0 Å². The number of halogens is 2. The summed E-state index contributed by atoms with van der Waals surface area (Å²) in [5.74, 6) is -1.02. The highest BCUT2D eigenvalue weighted by Crippen LogP contribution is 2.29. The predicted octanol–water partition coefficient (Wildman–Crippen LogP) is 3.71. The van der Waals surface area contributed by atoms with Crippen LogP contribution >= 0.6 is 23.2 Å². The SMILES string of the molecule is Nc1c(Cl)cc(Cl)cc1C(=O)OCC(=O)N1CCCc2ccccc21. The molecule has 0 aromatic heterocycles. The number of anilines is 2. The fourth-order valence-corrected chi connectivity index (χ4v) is 3.32. The summed E-state index contributed by atoms with van der Waals surface area (Å²) in [4.78, 5) is 26.3. The number of carbonyl (C=O) groups is 2. The number of fused-ring (bicyclic) bond motifs is 1. The highest BCUT2D eigenvalue weighted by atomic mass is 35.5. The zero-order valence-electron chi connectivity index (χ0n) is 13.3. The Hall–Kier alpha value is -2.24. The summed E-state index contributed by atoms with van der Waals surface area (Å²) < 4.78 is 5.12. The number of nitrogens with zero attached hydrogens (tertiary/aromatic N) is 1. The number of amides is 1. The molecule has 0 atom stereocenters. The van der Waals surface area contributed by atoms with Crippen molar-refractivity contribution in [2.75, 3.05) is 23.8 Å². The Bertz CT molecular complexity index is 839. The van der Waals surface area contributed by atoms with Crippen molar-refractivity contribution in [1.29, 1.82) is 0 Å². The van der Waals surface area contributed by atoms with Gasteiger partial charge in [0.1, 0.15) is 0 Å². The molecule has 0 bridgehead atoms. The number of hydrogen-bond donors (Lipinski definition) is 1. The lowest BCUT2D eigenvalue weighted by Crippen LogP contribution is -2.38. The number of carbonyl (C=O) groups excluding carboxylic acids is 2. The molecule has 5 nitrogen and oxygen atoms in total. The van der Waals surface area contributed by atoms with Gasteiger partial charge < -0.3 is 15.4 Å². The topological polar surface area (TPSA) is 72.6 Å². The van der Waals surface area contributed by atoms with Gasteiger partial charge in [-0.15, -0.1) is 0 Å². The molecule has 0 saturated carbocycles. The van der Waals surface area contributed by atoms with Crippen LogP contribution in [0.2, 0.25) is 10.0 Å². The molecule has 2 aromatic carbocycles. The average molecular weight is 379 g/mol. The lowest BCUT2D eigenvalue weighted by molar-refractivity contribution is -0.121. The van der Waals surface area contributed by atoms with Crippen LogP contribution in [0.4, 0.5) is 11.4 Å². The minimum atomic E-state index is -0.736. The van der Waals surface area contributed by atoms with Crippen molar-refractivity contribution in [1.82, 2.24) is 0 Å². The minimum Gasteiger partial charge on any atom is -0.452 e. The summed E-state index contributed by atoms with van der Waals surface area (Å²) in [6.07, 6.45) is 1.80. The lowest BCUT2D eigenvalue weighted by atomic mass is 10.0. The van der Waals surface area contributed by atoms with E-state index in [0.717, 1.165) is 24.1 Å². The van der Waals surface area contributed by atoms with Gasteiger partial charge in [-0.3, -0.25) is 4.79 Å². The quantitative estimate of drug-likeness (QED) is 0.652. The molecular formula is C18H16Cl2N2O3. The molecule has 0 spiro atoms. The summed E-state index contributed by atoms with van der Waals surface area (Å²) in [5.41, 5.74) is 7.87. The van der Waals surface area contributed by atoms with Gasteiger partial charge in [-0.1, -0.05) is 41.4 Å². The van der Waals surface area contributed by atoms with E-state index in [9.17, 15) is 9.59 Å². The van der Waals surface area contributed by atoms with Crippen LogP contribution in [0.1, 0.15) is 22.3 Å². The Labute approximate surface area is 155 Å². The van der Waals surface area contributed by atoms with Crippen LogP contribution in [-0.2, 0) is 16.0 Å². The van der Waals surface area contributed by atoms with Gasteiger partial charge in [0.2, 0.25) is 0 Å². The Morgan fingerprint density at radius 1 is 1.20 bits per heavy atom. The smallest absolute Gasteiger partial charge is 0.340 e. The molecular weight excluding hydrogens is 363 g/mol. The average Bonchev–Trinajstić information content (AvgIpc) is 2.61. The molecule has 1 amide bonds. The summed E-state index contributed by atoms with van der Waals surface area (Å²) in [6, 6.07) is 10.5. The molecule has 7 heteroatoms. The zero-order valence-corrected chi connectivity index (χ0v) is 14.8. The third kappa shape index (κ3) is 3.72. The summed E-state index contributed by atoms with van der Waals surface area (Å²) in [7, 11) is 0. The van der Waals surface area contributed by atoms with E-state index >= 15 is 0 Å². The number of benzene rings is 2. The predicted molar refractivity (Wildman–Crippen MR) is 98.3 cm³/mol. The van der Waals surface area contributed by atoms with Crippen LogP contribution < -0.4 is 10.6 Å². The van der Waals surface area contributed by atoms with Crippen molar-refractivity contribution in [2.45, 2.75) is 12.8 Å². The van der Waals surface area contributed by atoms with Gasteiger partial charge in [0, 0.05) is 17.3 Å².